The van der Waals surface area contributed by atoms with E-state index in [-0.39, 0.29) is 11.6 Å². The molecule has 0 aliphatic rings. The van der Waals surface area contributed by atoms with Crippen molar-refractivity contribution in [1.82, 2.24) is 9.78 Å². The van der Waals surface area contributed by atoms with Crippen LogP contribution in [0.2, 0.25) is 0 Å². The highest BCUT2D eigenvalue weighted by atomic mass is 32.2. The average Bonchev–Trinajstić information content (AvgIpc) is 3.03. The Hall–Kier alpha value is -2.56. The molecule has 1 heterocycles. The third kappa shape index (κ3) is 4.79. The van der Waals surface area contributed by atoms with Crippen LogP contribution in [0.25, 0.3) is 5.69 Å². The molecule has 7 nitrogen and oxygen atoms in total. The van der Waals surface area contributed by atoms with Gasteiger partial charge in [-0.25, -0.2) is 4.68 Å². The Kier molecular flexibility index (Phi) is 5.99. The van der Waals surface area contributed by atoms with E-state index in [2.05, 4.69) is 10.4 Å². The number of non-ortho nitro benzene ring substituents is 1. The molecule has 3 rings (SSSR count). The number of amides is 1. The molecule has 0 saturated heterocycles. The first-order valence-electron chi connectivity index (χ1n) is 7.81. The fourth-order valence-electron chi connectivity index (χ4n) is 2.16. The van der Waals surface area contributed by atoms with Gasteiger partial charge < -0.3 is 5.32 Å². The van der Waals surface area contributed by atoms with Crippen molar-refractivity contribution in [1.29, 1.82) is 0 Å². The number of anilines is 1. The Labute approximate surface area is 168 Å². The highest BCUT2D eigenvalue weighted by Crippen LogP contribution is 2.28. The molecule has 0 saturated carbocycles. The van der Waals surface area contributed by atoms with Crippen LogP contribution in [0.4, 0.5) is 11.4 Å². The van der Waals surface area contributed by atoms with E-state index in [1.54, 1.807) is 11.6 Å². The third-order valence-electron chi connectivity index (χ3n) is 3.52. The zero-order valence-electron chi connectivity index (χ0n) is 14.1. The smallest absolute Gasteiger partial charge is 0.269 e. The topological polar surface area (TPSA) is 90.1 Å². The van der Waals surface area contributed by atoms with Crippen molar-refractivity contribution in [2.45, 2.75) is 16.5 Å². The lowest BCUT2D eigenvalue weighted by Gasteiger charge is -2.10. The van der Waals surface area contributed by atoms with Crippen molar-refractivity contribution in [2.24, 2.45) is 0 Å². The van der Waals surface area contributed by atoms with Crippen LogP contribution < -0.4 is 5.32 Å². The highest BCUT2D eigenvalue weighted by molar-refractivity contribution is 8.02. The number of nitro benzene ring substituents is 1. The summed E-state index contributed by atoms with van der Waals surface area (Å²) in [7, 11) is 0. The summed E-state index contributed by atoms with van der Waals surface area (Å²) in [6, 6.07) is 15.3. The van der Waals surface area contributed by atoms with Gasteiger partial charge in [-0.1, -0.05) is 41.3 Å². The number of carbonyl (C=O) groups is 1. The molecular formula is C17H14N4O3S3. The largest absolute Gasteiger partial charge is 0.325 e. The Morgan fingerprint density at radius 3 is 2.56 bits per heavy atom. The van der Waals surface area contributed by atoms with Crippen LogP contribution in [0.3, 0.4) is 0 Å². The van der Waals surface area contributed by atoms with Crippen LogP contribution in [0.15, 0.2) is 58.9 Å². The van der Waals surface area contributed by atoms with Gasteiger partial charge in [-0.05, 0) is 43.4 Å². The number of nitrogens with zero attached hydrogens (tertiary/aromatic N) is 3. The second-order valence-electron chi connectivity index (χ2n) is 5.43. The van der Waals surface area contributed by atoms with Gasteiger partial charge in [-0.2, -0.15) is 0 Å². The summed E-state index contributed by atoms with van der Waals surface area (Å²) in [4.78, 5) is 22.6. The van der Waals surface area contributed by atoms with Crippen molar-refractivity contribution < 1.29 is 9.72 Å². The van der Waals surface area contributed by atoms with Crippen LogP contribution >= 0.6 is 35.3 Å². The van der Waals surface area contributed by atoms with Crippen molar-refractivity contribution in [3.05, 3.63) is 68.7 Å². The number of hydrogen-bond donors (Lipinski definition) is 1. The summed E-state index contributed by atoms with van der Waals surface area (Å²) in [5, 5.41) is 17.5. The fraction of sp³-hybridized carbons (Fsp3) is 0.118. The Morgan fingerprint density at radius 2 is 1.93 bits per heavy atom. The zero-order valence-corrected chi connectivity index (χ0v) is 16.5. The molecule has 10 heteroatoms. The van der Waals surface area contributed by atoms with Gasteiger partial charge >= 0.3 is 0 Å². The molecule has 2 aromatic carbocycles. The van der Waals surface area contributed by atoms with Gasteiger partial charge in [-0.15, -0.1) is 5.10 Å². The van der Waals surface area contributed by atoms with Gasteiger partial charge in [0, 0.05) is 17.8 Å². The van der Waals surface area contributed by atoms with Crippen molar-refractivity contribution in [2.75, 3.05) is 5.32 Å². The van der Waals surface area contributed by atoms with E-state index in [1.165, 1.54) is 47.4 Å². The van der Waals surface area contributed by atoms with Gasteiger partial charge in [-0.3, -0.25) is 14.9 Å². The number of benzene rings is 2. The lowest BCUT2D eigenvalue weighted by Crippen LogP contribution is -2.22. The lowest BCUT2D eigenvalue weighted by molar-refractivity contribution is -0.384. The molecule has 138 valence electrons. The normalized spacial score (nSPS) is 11.7. The molecule has 0 aliphatic heterocycles. The number of thioether (sulfide) groups is 1. The number of para-hydroxylation sites is 1. The van der Waals surface area contributed by atoms with Gasteiger partial charge in [0.05, 0.1) is 15.9 Å². The van der Waals surface area contributed by atoms with E-state index >= 15 is 0 Å². The first-order chi connectivity index (χ1) is 12.9. The molecule has 0 bridgehead atoms. The molecular weight excluding hydrogens is 404 g/mol. The first-order valence-corrected chi connectivity index (χ1v) is 9.92. The van der Waals surface area contributed by atoms with Gasteiger partial charge in [0.2, 0.25) is 5.91 Å². The third-order valence-corrected chi connectivity index (χ3v) is 5.94. The molecule has 1 aromatic heterocycles. The molecule has 1 amide bonds. The number of carbonyl (C=O) groups excluding carboxylic acids is 1. The minimum Gasteiger partial charge on any atom is -0.325 e. The number of nitrogens with one attached hydrogen (secondary N) is 1. The summed E-state index contributed by atoms with van der Waals surface area (Å²) < 4.78 is 2.96. The Morgan fingerprint density at radius 1 is 1.26 bits per heavy atom. The SMILES string of the molecule is CC(Sc1nn(-c2ccccc2)c(=S)s1)C(=O)Nc1ccc([N+](=O)[O-])cc1. The second-order valence-corrected chi connectivity index (χ2v) is 8.65. The fourth-order valence-corrected chi connectivity index (χ4v) is 4.66. The van der Waals surface area contributed by atoms with Crippen LogP contribution in [0.1, 0.15) is 6.92 Å². The molecule has 0 aliphatic carbocycles. The minimum absolute atomic E-state index is 0.0263. The molecule has 0 radical (unpaired) electrons. The maximum Gasteiger partial charge on any atom is 0.269 e. The average molecular weight is 419 g/mol. The standard InChI is InChI=1S/C17H14N4O3S3/c1-11(15(22)18-12-7-9-14(10-8-12)21(23)24)26-16-19-20(17(25)27-16)13-5-3-2-4-6-13/h2-11H,1H3,(H,18,22). The first kappa shape index (κ1) is 19.2. The van der Waals surface area contributed by atoms with Crippen LogP contribution in [-0.2, 0) is 4.79 Å². The highest BCUT2D eigenvalue weighted by Gasteiger charge is 2.18. The quantitative estimate of drug-likeness (QED) is 0.270. The predicted octanol–water partition coefficient (Wildman–Crippen LogP) is 4.69. The monoisotopic (exact) mass is 418 g/mol. The van der Waals surface area contributed by atoms with Crippen LogP contribution in [-0.4, -0.2) is 25.9 Å². The van der Waals surface area contributed by atoms with E-state index in [0.717, 1.165) is 5.69 Å². The molecule has 0 fully saturated rings. The summed E-state index contributed by atoms with van der Waals surface area (Å²) in [5.41, 5.74) is 1.34. The molecule has 1 N–H and O–H groups in total. The predicted molar refractivity (Wildman–Crippen MR) is 109 cm³/mol. The molecule has 27 heavy (non-hydrogen) atoms. The van der Waals surface area contributed by atoms with Crippen molar-refractivity contribution >= 4 is 52.6 Å². The van der Waals surface area contributed by atoms with E-state index in [1.807, 2.05) is 30.3 Å². The number of aromatic nitrogens is 2. The Bertz CT molecular complexity index is 1020. The second kappa shape index (κ2) is 8.42. The minimum atomic E-state index is -0.485. The molecule has 1 atom stereocenters. The van der Waals surface area contributed by atoms with E-state index in [4.69, 9.17) is 12.2 Å². The molecule has 0 spiro atoms. The molecule has 1 unspecified atom stereocenters. The van der Waals surface area contributed by atoms with Gasteiger partial charge in [0.15, 0.2) is 8.29 Å². The molecule has 3 aromatic rings. The number of nitro groups is 1. The number of hydrogen-bond acceptors (Lipinski definition) is 7. The summed E-state index contributed by atoms with van der Waals surface area (Å²) in [5.74, 6) is -0.221. The Balaban J connectivity index is 1.66. The maximum atomic E-state index is 12.4. The van der Waals surface area contributed by atoms with Gasteiger partial charge in [0.1, 0.15) is 0 Å². The van der Waals surface area contributed by atoms with Crippen LogP contribution in [0.5, 0.6) is 0 Å². The zero-order chi connectivity index (χ0) is 19.4. The summed E-state index contributed by atoms with van der Waals surface area (Å²) in [6.07, 6.45) is 0. The maximum absolute atomic E-state index is 12.4. The number of rotatable bonds is 6. The van der Waals surface area contributed by atoms with Crippen LogP contribution in [0, 0.1) is 14.1 Å². The van der Waals surface area contributed by atoms with E-state index < -0.39 is 10.2 Å². The van der Waals surface area contributed by atoms with Crippen molar-refractivity contribution in [3.63, 3.8) is 0 Å². The summed E-state index contributed by atoms with van der Waals surface area (Å²) in [6.45, 7) is 1.77. The van der Waals surface area contributed by atoms with E-state index in [9.17, 15) is 14.9 Å². The lowest BCUT2D eigenvalue weighted by atomic mass is 10.3. The van der Waals surface area contributed by atoms with Gasteiger partial charge in [0.25, 0.3) is 5.69 Å². The van der Waals surface area contributed by atoms with E-state index in [0.29, 0.717) is 14.0 Å². The van der Waals surface area contributed by atoms with Crippen molar-refractivity contribution in [3.8, 4) is 5.69 Å². The summed E-state index contributed by atoms with van der Waals surface area (Å²) >= 11 is 8.01.